The predicted octanol–water partition coefficient (Wildman–Crippen LogP) is 6.53. The van der Waals surface area contributed by atoms with Gasteiger partial charge in [0, 0.05) is 23.6 Å². The molecule has 2 heterocycles. The standard InChI is InChI=1S/C30H34N4O2S2/c1-5-21(3)37-29-31-25(19-23-13-9-7-10-14-23)27(35)33(29)17-18-34-28(36)26(20-24-15-11-8-12-16-24)32-30(34)38-22(4)6-2/h7-16,19-22H,5-6,17-18H2,1-4H3/b25-19-,26-20-. The van der Waals surface area contributed by atoms with Crippen LogP contribution in [0.3, 0.4) is 0 Å². The fourth-order valence-electron chi connectivity index (χ4n) is 3.78. The molecule has 2 amide bonds. The highest BCUT2D eigenvalue weighted by molar-refractivity contribution is 8.14. The molecule has 2 aromatic carbocycles. The number of hydrogen-bond donors (Lipinski definition) is 0. The summed E-state index contributed by atoms with van der Waals surface area (Å²) in [5.41, 5.74) is 2.70. The number of aliphatic imine (C=N–C) groups is 2. The zero-order valence-corrected chi connectivity index (χ0v) is 24.0. The first-order valence-electron chi connectivity index (χ1n) is 13.1. The first kappa shape index (κ1) is 27.9. The number of carbonyl (C=O) groups excluding carboxylic acids is 2. The Hall–Kier alpha value is -3.10. The Morgan fingerprint density at radius 1 is 0.684 bits per heavy atom. The molecule has 38 heavy (non-hydrogen) atoms. The van der Waals surface area contributed by atoms with E-state index >= 15 is 0 Å². The molecule has 0 spiro atoms. The van der Waals surface area contributed by atoms with Crippen LogP contribution in [0.5, 0.6) is 0 Å². The van der Waals surface area contributed by atoms with E-state index in [4.69, 9.17) is 9.98 Å². The van der Waals surface area contributed by atoms with Crippen LogP contribution in [-0.2, 0) is 9.59 Å². The van der Waals surface area contributed by atoms with E-state index in [1.54, 1.807) is 33.3 Å². The summed E-state index contributed by atoms with van der Waals surface area (Å²) in [4.78, 5) is 39.8. The normalized spacial score (nSPS) is 19.4. The van der Waals surface area contributed by atoms with Gasteiger partial charge in [0.25, 0.3) is 11.8 Å². The number of carbonyl (C=O) groups is 2. The van der Waals surface area contributed by atoms with Crippen molar-refractivity contribution in [1.29, 1.82) is 0 Å². The SMILES string of the molecule is CCC(C)SC1=N/C(=C\c2ccccc2)C(=O)N1CCN1C(=O)/C(=C/c2ccccc2)N=C1SC(C)CC. The maximum absolute atomic E-state index is 13.5. The average Bonchev–Trinajstić information content (AvgIpc) is 3.37. The molecule has 0 N–H and O–H groups in total. The minimum Gasteiger partial charge on any atom is -0.284 e. The summed E-state index contributed by atoms with van der Waals surface area (Å²) in [5.74, 6) is -0.279. The molecule has 0 radical (unpaired) electrons. The van der Waals surface area contributed by atoms with Gasteiger partial charge in [-0.15, -0.1) is 0 Å². The summed E-state index contributed by atoms with van der Waals surface area (Å²) in [5, 5.41) is 2.00. The van der Waals surface area contributed by atoms with Gasteiger partial charge in [-0.3, -0.25) is 19.4 Å². The monoisotopic (exact) mass is 546 g/mol. The Bertz CT molecular complexity index is 1170. The van der Waals surface area contributed by atoms with Crippen LogP contribution in [0.1, 0.15) is 51.7 Å². The van der Waals surface area contributed by atoms with Gasteiger partial charge in [-0.1, -0.05) is 112 Å². The number of benzene rings is 2. The van der Waals surface area contributed by atoms with Crippen LogP contribution in [0.2, 0.25) is 0 Å². The first-order chi connectivity index (χ1) is 18.4. The summed E-state index contributed by atoms with van der Waals surface area (Å²) >= 11 is 3.20. The van der Waals surface area contributed by atoms with Crippen LogP contribution in [0.4, 0.5) is 0 Å². The van der Waals surface area contributed by atoms with Crippen LogP contribution in [0.15, 0.2) is 82.0 Å². The van der Waals surface area contributed by atoms with Gasteiger partial charge < -0.3 is 0 Å². The fraction of sp³-hybridized carbons (Fsp3) is 0.333. The Balaban J connectivity index is 1.56. The third-order valence-electron chi connectivity index (χ3n) is 6.34. The summed E-state index contributed by atoms with van der Waals surface area (Å²) in [6.45, 7) is 9.20. The molecular formula is C30H34N4O2S2. The van der Waals surface area contributed by atoms with Crippen molar-refractivity contribution in [1.82, 2.24) is 9.80 Å². The molecular weight excluding hydrogens is 512 g/mol. The van der Waals surface area contributed by atoms with Crippen molar-refractivity contribution in [2.45, 2.75) is 51.0 Å². The fourth-order valence-corrected chi connectivity index (χ4v) is 5.73. The van der Waals surface area contributed by atoms with E-state index in [1.807, 2.05) is 72.8 Å². The number of thioether (sulfide) groups is 2. The van der Waals surface area contributed by atoms with E-state index in [9.17, 15) is 9.59 Å². The van der Waals surface area contributed by atoms with Crippen molar-refractivity contribution in [2.75, 3.05) is 13.1 Å². The maximum Gasteiger partial charge on any atom is 0.278 e. The lowest BCUT2D eigenvalue weighted by atomic mass is 10.2. The lowest BCUT2D eigenvalue weighted by Crippen LogP contribution is -2.41. The van der Waals surface area contributed by atoms with Crippen molar-refractivity contribution < 1.29 is 9.59 Å². The number of hydrogen-bond acceptors (Lipinski definition) is 6. The maximum atomic E-state index is 13.5. The Morgan fingerprint density at radius 2 is 1.05 bits per heavy atom. The lowest BCUT2D eigenvalue weighted by Gasteiger charge is -2.24. The van der Waals surface area contributed by atoms with Crippen LogP contribution in [0, 0.1) is 0 Å². The highest BCUT2D eigenvalue weighted by Gasteiger charge is 2.35. The van der Waals surface area contributed by atoms with E-state index in [2.05, 4.69) is 27.7 Å². The summed E-state index contributed by atoms with van der Waals surface area (Å²) in [7, 11) is 0. The quantitative estimate of drug-likeness (QED) is 0.336. The molecule has 2 aromatic rings. The molecule has 4 rings (SSSR count). The van der Waals surface area contributed by atoms with Crippen molar-refractivity contribution in [3.05, 3.63) is 83.2 Å². The highest BCUT2D eigenvalue weighted by atomic mass is 32.2. The van der Waals surface area contributed by atoms with Gasteiger partial charge in [0.2, 0.25) is 0 Å². The van der Waals surface area contributed by atoms with Gasteiger partial charge in [-0.2, -0.15) is 0 Å². The van der Waals surface area contributed by atoms with Crippen molar-refractivity contribution in [2.24, 2.45) is 9.98 Å². The van der Waals surface area contributed by atoms with Crippen molar-refractivity contribution in [3.63, 3.8) is 0 Å². The van der Waals surface area contributed by atoms with Crippen molar-refractivity contribution in [3.8, 4) is 0 Å². The third kappa shape index (κ3) is 6.85. The summed E-state index contributed by atoms with van der Waals surface area (Å²) in [6, 6.07) is 19.5. The molecule has 0 bridgehead atoms. The first-order valence-corrected chi connectivity index (χ1v) is 14.8. The van der Waals surface area contributed by atoms with Gasteiger partial charge in [0.15, 0.2) is 10.3 Å². The molecule has 2 aliphatic rings. The van der Waals surface area contributed by atoms with Crippen molar-refractivity contribution >= 4 is 57.8 Å². The number of nitrogens with zero attached hydrogens (tertiary/aromatic N) is 4. The lowest BCUT2D eigenvalue weighted by molar-refractivity contribution is -0.125. The number of amidine groups is 2. The molecule has 0 aliphatic carbocycles. The van der Waals surface area contributed by atoms with Gasteiger partial charge in [-0.05, 0) is 36.1 Å². The van der Waals surface area contributed by atoms with E-state index in [1.165, 1.54) is 0 Å². The van der Waals surface area contributed by atoms with Gasteiger partial charge >= 0.3 is 0 Å². The summed E-state index contributed by atoms with van der Waals surface area (Å²) < 4.78 is 0. The number of rotatable bonds is 9. The molecule has 198 valence electrons. The molecule has 2 unspecified atom stereocenters. The van der Waals surface area contributed by atoms with E-state index in [0.717, 1.165) is 24.0 Å². The average molecular weight is 547 g/mol. The van der Waals surface area contributed by atoms with E-state index in [-0.39, 0.29) is 11.8 Å². The molecule has 0 saturated carbocycles. The Labute approximate surface area is 234 Å². The van der Waals surface area contributed by atoms with Crippen LogP contribution < -0.4 is 0 Å². The number of amides is 2. The van der Waals surface area contributed by atoms with Crippen LogP contribution in [0.25, 0.3) is 12.2 Å². The highest BCUT2D eigenvalue weighted by Crippen LogP contribution is 2.30. The molecule has 6 nitrogen and oxygen atoms in total. The largest absolute Gasteiger partial charge is 0.284 e. The zero-order valence-electron chi connectivity index (χ0n) is 22.3. The Kier molecular flexibility index (Phi) is 9.63. The van der Waals surface area contributed by atoms with E-state index in [0.29, 0.717) is 45.3 Å². The second-order valence-electron chi connectivity index (χ2n) is 9.26. The second-order valence-corrected chi connectivity index (χ2v) is 12.1. The molecule has 0 fully saturated rings. The van der Waals surface area contributed by atoms with Gasteiger partial charge in [-0.25, -0.2) is 9.98 Å². The summed E-state index contributed by atoms with van der Waals surface area (Å²) in [6.07, 6.45) is 5.58. The minimum atomic E-state index is -0.139. The molecule has 2 aliphatic heterocycles. The predicted molar refractivity (Wildman–Crippen MR) is 162 cm³/mol. The van der Waals surface area contributed by atoms with Gasteiger partial charge in [0.1, 0.15) is 11.4 Å². The van der Waals surface area contributed by atoms with Crippen LogP contribution in [-0.4, -0.2) is 55.5 Å². The molecule has 0 saturated heterocycles. The van der Waals surface area contributed by atoms with E-state index < -0.39 is 0 Å². The Morgan fingerprint density at radius 3 is 1.39 bits per heavy atom. The minimum absolute atomic E-state index is 0.139. The molecule has 0 aromatic heterocycles. The zero-order chi connectivity index (χ0) is 27.1. The van der Waals surface area contributed by atoms with Gasteiger partial charge in [0.05, 0.1) is 0 Å². The topological polar surface area (TPSA) is 65.3 Å². The third-order valence-corrected chi connectivity index (χ3v) is 8.86. The van der Waals surface area contributed by atoms with Crippen LogP contribution >= 0.6 is 23.5 Å². The molecule has 8 heteroatoms. The smallest absolute Gasteiger partial charge is 0.278 e. The molecule has 2 atom stereocenters. The second kappa shape index (κ2) is 13.1.